The molecule has 0 aliphatic heterocycles. The van der Waals surface area contributed by atoms with Crippen molar-refractivity contribution in [1.29, 1.82) is 0 Å². The van der Waals surface area contributed by atoms with E-state index in [9.17, 15) is 28.8 Å². The molecule has 7 N–H and O–H groups in total. The summed E-state index contributed by atoms with van der Waals surface area (Å²) in [5.41, 5.74) is 5.49. The molecular formula is C16H27N5O8S. The number of imide groups is 1. The van der Waals surface area contributed by atoms with Gasteiger partial charge < -0.3 is 20.7 Å². The number of hydrogen-bond donors (Lipinski definition) is 4. The molecule has 0 aliphatic carbocycles. The lowest BCUT2D eigenvalue weighted by atomic mass is 10.1. The Kier molecular flexibility index (Phi) is 13.2. The van der Waals surface area contributed by atoms with Crippen molar-refractivity contribution in [3.63, 3.8) is 0 Å². The molecule has 0 saturated carbocycles. The van der Waals surface area contributed by atoms with Gasteiger partial charge >= 0.3 is 11.9 Å². The summed E-state index contributed by atoms with van der Waals surface area (Å²) in [6.07, 6.45) is -0.312. The van der Waals surface area contributed by atoms with E-state index in [2.05, 4.69) is 15.0 Å². The van der Waals surface area contributed by atoms with Gasteiger partial charge in [0, 0.05) is 25.0 Å². The Hall–Kier alpha value is -2.55. The van der Waals surface area contributed by atoms with Crippen LogP contribution >= 0.6 is 11.8 Å². The second-order valence-corrected chi connectivity index (χ2v) is 6.98. The van der Waals surface area contributed by atoms with Crippen LogP contribution in [0.15, 0.2) is 0 Å². The molecule has 30 heavy (non-hydrogen) atoms. The smallest absolute Gasteiger partial charge is 0.344 e. The summed E-state index contributed by atoms with van der Waals surface area (Å²) in [4.78, 5) is 80.0. The monoisotopic (exact) mass is 449 g/mol. The van der Waals surface area contributed by atoms with E-state index in [1.165, 1.54) is 6.92 Å². The highest BCUT2D eigenvalue weighted by Crippen LogP contribution is 2.11. The van der Waals surface area contributed by atoms with E-state index in [0.29, 0.717) is 4.90 Å². The Balaban J connectivity index is 5.36. The molecule has 0 aromatic heterocycles. The predicted octanol–water partition coefficient (Wildman–Crippen LogP) is -2.15. The average molecular weight is 449 g/mol. The summed E-state index contributed by atoms with van der Waals surface area (Å²) in [6.45, 7) is 2.33. The molecule has 0 spiro atoms. The molecule has 170 valence electrons. The maximum atomic E-state index is 12.8. The van der Waals surface area contributed by atoms with Crippen molar-refractivity contribution >= 4 is 46.5 Å². The maximum Gasteiger partial charge on any atom is 0.344 e. The Morgan fingerprint density at radius 2 is 1.67 bits per heavy atom. The minimum atomic E-state index is -1.31. The Morgan fingerprint density at radius 3 is 2.17 bits per heavy atom. The normalized spacial score (nSPS) is 12.3. The first kappa shape index (κ1) is 27.5. The molecule has 0 aromatic rings. The van der Waals surface area contributed by atoms with Crippen molar-refractivity contribution in [2.45, 2.75) is 51.6 Å². The molecule has 0 fully saturated rings. The molecule has 14 heteroatoms. The number of carbonyl (C=O) groups is 6. The first-order chi connectivity index (χ1) is 14.1. The quantitative estimate of drug-likeness (QED) is 0.235. The van der Waals surface area contributed by atoms with Crippen LogP contribution in [0.1, 0.15) is 39.5 Å². The number of thioether (sulfide) groups is 1. The Bertz CT molecular complexity index is 660. The minimum absolute atomic E-state index is 0.110. The number of nitrogens with zero attached hydrogens (tertiary/aromatic N) is 1. The fourth-order valence-electron chi connectivity index (χ4n) is 2.05. The van der Waals surface area contributed by atoms with E-state index in [-0.39, 0.29) is 36.6 Å². The van der Waals surface area contributed by atoms with Crippen molar-refractivity contribution < 1.29 is 38.4 Å². The molecule has 3 amide bonds. The highest BCUT2D eigenvalue weighted by atomic mass is 32.2. The molecule has 0 rings (SSSR count). The largest absolute Gasteiger partial charge is 0.372 e. The molecule has 0 aliphatic rings. The number of carbonyl (C=O) groups excluding carboxylic acids is 6. The zero-order valence-electron chi connectivity index (χ0n) is 16.8. The van der Waals surface area contributed by atoms with E-state index in [4.69, 9.17) is 17.5 Å². The molecule has 2 unspecified atom stereocenters. The van der Waals surface area contributed by atoms with Crippen molar-refractivity contribution in [2.75, 3.05) is 12.3 Å². The number of hydrogen-bond acceptors (Lipinski definition) is 12. The van der Waals surface area contributed by atoms with Crippen molar-refractivity contribution in [2.24, 2.45) is 17.5 Å². The van der Waals surface area contributed by atoms with Gasteiger partial charge in [-0.15, -0.1) is 0 Å². The molecule has 0 heterocycles. The van der Waals surface area contributed by atoms with E-state index in [0.717, 1.165) is 11.8 Å². The molecule has 0 aromatic carbocycles. The van der Waals surface area contributed by atoms with Gasteiger partial charge in [-0.25, -0.2) is 9.59 Å². The third-order valence-corrected chi connectivity index (χ3v) is 4.83. The first-order valence-corrected chi connectivity index (χ1v) is 9.94. The van der Waals surface area contributed by atoms with Crippen LogP contribution in [0, 0.1) is 0 Å². The third kappa shape index (κ3) is 9.78. The number of nitrogens with two attached hydrogens (primary N) is 3. The highest BCUT2D eigenvalue weighted by Gasteiger charge is 2.32. The van der Waals surface area contributed by atoms with Gasteiger partial charge in [-0.2, -0.15) is 11.8 Å². The van der Waals surface area contributed by atoms with Gasteiger partial charge in [0.1, 0.15) is 18.6 Å². The lowest BCUT2D eigenvalue weighted by Gasteiger charge is -2.25. The van der Waals surface area contributed by atoms with Gasteiger partial charge in [0.15, 0.2) is 5.12 Å². The number of amides is 3. The SMILES string of the molecule is CCC(=O)SCC(NC(=O)CCC(N)C(=O)ON)C(=O)N(CC(=O)ON)C(=O)CC. The highest BCUT2D eigenvalue weighted by molar-refractivity contribution is 8.13. The fraction of sp³-hybridized carbons (Fsp3) is 0.625. The van der Waals surface area contributed by atoms with E-state index < -0.39 is 48.3 Å². The van der Waals surface area contributed by atoms with Gasteiger partial charge in [-0.1, -0.05) is 25.6 Å². The van der Waals surface area contributed by atoms with Crippen LogP contribution in [0.5, 0.6) is 0 Å². The second-order valence-electron chi connectivity index (χ2n) is 5.90. The zero-order valence-corrected chi connectivity index (χ0v) is 17.6. The van der Waals surface area contributed by atoms with Crippen LogP contribution in [0.4, 0.5) is 0 Å². The van der Waals surface area contributed by atoms with Crippen molar-refractivity contribution in [3.05, 3.63) is 0 Å². The summed E-state index contributed by atoms with van der Waals surface area (Å²) in [5.74, 6) is 5.04. The number of nitrogens with one attached hydrogen (secondary N) is 1. The van der Waals surface area contributed by atoms with Crippen molar-refractivity contribution in [3.8, 4) is 0 Å². The Morgan fingerprint density at radius 1 is 1.03 bits per heavy atom. The topological polar surface area (TPSA) is 214 Å². The van der Waals surface area contributed by atoms with Crippen LogP contribution in [0.25, 0.3) is 0 Å². The van der Waals surface area contributed by atoms with E-state index in [1.807, 2.05) is 0 Å². The lowest BCUT2D eigenvalue weighted by molar-refractivity contribution is -0.156. The molecule has 13 nitrogen and oxygen atoms in total. The van der Waals surface area contributed by atoms with Crippen LogP contribution in [0.2, 0.25) is 0 Å². The molecular weight excluding hydrogens is 422 g/mol. The van der Waals surface area contributed by atoms with Gasteiger partial charge in [0.25, 0.3) is 5.91 Å². The van der Waals surface area contributed by atoms with Gasteiger partial charge in [-0.3, -0.25) is 24.1 Å². The summed E-state index contributed by atoms with van der Waals surface area (Å²) < 4.78 is 0. The Labute approximate surface area is 177 Å². The maximum absolute atomic E-state index is 12.8. The van der Waals surface area contributed by atoms with Crippen LogP contribution in [-0.4, -0.2) is 64.1 Å². The molecule has 0 bridgehead atoms. The zero-order chi connectivity index (χ0) is 23.3. The minimum Gasteiger partial charge on any atom is -0.372 e. The molecule has 2 atom stereocenters. The van der Waals surface area contributed by atoms with Gasteiger partial charge in [-0.05, 0) is 6.42 Å². The van der Waals surface area contributed by atoms with E-state index in [1.54, 1.807) is 6.92 Å². The first-order valence-electron chi connectivity index (χ1n) is 8.95. The van der Waals surface area contributed by atoms with Crippen molar-refractivity contribution in [1.82, 2.24) is 10.2 Å². The van der Waals surface area contributed by atoms with Gasteiger partial charge in [0.05, 0.1) is 0 Å². The second kappa shape index (κ2) is 14.4. The molecule has 0 radical (unpaired) electrons. The predicted molar refractivity (Wildman–Crippen MR) is 104 cm³/mol. The summed E-state index contributed by atoms with van der Waals surface area (Å²) in [7, 11) is 0. The van der Waals surface area contributed by atoms with Crippen LogP contribution in [-0.2, 0) is 38.4 Å². The number of rotatable bonds is 12. The lowest BCUT2D eigenvalue weighted by Crippen LogP contribution is -2.53. The molecule has 0 saturated heterocycles. The van der Waals surface area contributed by atoms with Crippen LogP contribution < -0.4 is 22.8 Å². The van der Waals surface area contributed by atoms with E-state index >= 15 is 0 Å². The summed E-state index contributed by atoms with van der Waals surface area (Å²) in [6, 6.07) is -2.46. The van der Waals surface area contributed by atoms with Gasteiger partial charge in [0.2, 0.25) is 11.8 Å². The standard InChI is InChI=1S/C16H27N5O8S/c1-3-12(23)21(7-13(24)28-18)15(26)10(8-30-14(25)4-2)20-11(22)6-5-9(17)16(27)29-19/h9-10H,3-8,17-19H2,1-2H3,(H,20,22). The summed E-state index contributed by atoms with van der Waals surface area (Å²) in [5, 5.41) is 2.14. The fourth-order valence-corrected chi connectivity index (χ4v) is 2.83. The average Bonchev–Trinajstić information content (AvgIpc) is 2.76. The summed E-state index contributed by atoms with van der Waals surface area (Å²) >= 11 is 0.780. The van der Waals surface area contributed by atoms with Crippen LogP contribution in [0.3, 0.4) is 0 Å². The third-order valence-electron chi connectivity index (χ3n) is 3.72.